The summed E-state index contributed by atoms with van der Waals surface area (Å²) in [5.74, 6) is 0.416. The quantitative estimate of drug-likeness (QED) is 0.563. The summed E-state index contributed by atoms with van der Waals surface area (Å²) in [6.07, 6.45) is 1.65. The molecule has 5 heteroatoms. The fourth-order valence-corrected chi connectivity index (χ4v) is 3.01. The highest BCUT2D eigenvalue weighted by molar-refractivity contribution is 5.75. The Morgan fingerprint density at radius 1 is 1.14 bits per heavy atom. The molecule has 22 heavy (non-hydrogen) atoms. The molecular formula is C17H21F3O2. The third-order valence-electron chi connectivity index (χ3n) is 4.28. The lowest BCUT2D eigenvalue weighted by molar-refractivity contribution is -0.140. The molecule has 0 heterocycles. The number of rotatable bonds is 4. The van der Waals surface area contributed by atoms with Gasteiger partial charge in [-0.1, -0.05) is 19.8 Å². The van der Waals surface area contributed by atoms with Crippen LogP contribution in [0.15, 0.2) is 24.3 Å². The van der Waals surface area contributed by atoms with Gasteiger partial charge in [0.05, 0.1) is 11.5 Å². The molecule has 0 radical (unpaired) electrons. The lowest BCUT2D eigenvalue weighted by Gasteiger charge is -2.26. The first-order chi connectivity index (χ1) is 10.4. The van der Waals surface area contributed by atoms with E-state index in [1.54, 1.807) is 0 Å². The van der Waals surface area contributed by atoms with Crippen molar-refractivity contribution in [2.45, 2.75) is 51.6 Å². The summed E-state index contributed by atoms with van der Waals surface area (Å²) in [4.78, 5) is 12.1. The first-order valence-corrected chi connectivity index (χ1v) is 7.79. The predicted octanol–water partition coefficient (Wildman–Crippen LogP) is 5.22. The van der Waals surface area contributed by atoms with Crippen LogP contribution in [0.1, 0.15) is 51.0 Å². The Morgan fingerprint density at radius 2 is 1.73 bits per heavy atom. The van der Waals surface area contributed by atoms with Crippen molar-refractivity contribution in [3.8, 4) is 5.75 Å². The summed E-state index contributed by atoms with van der Waals surface area (Å²) in [5, 5.41) is 0. The van der Waals surface area contributed by atoms with Gasteiger partial charge in [-0.05, 0) is 55.9 Å². The summed E-state index contributed by atoms with van der Waals surface area (Å²) in [7, 11) is 0. The van der Waals surface area contributed by atoms with E-state index in [-0.39, 0.29) is 17.6 Å². The average Bonchev–Trinajstić information content (AvgIpc) is 2.48. The third kappa shape index (κ3) is 4.49. The van der Waals surface area contributed by atoms with E-state index in [0.717, 1.165) is 44.2 Å². The molecule has 1 aromatic carbocycles. The predicted molar refractivity (Wildman–Crippen MR) is 77.4 cm³/mol. The van der Waals surface area contributed by atoms with Gasteiger partial charge in [0, 0.05) is 0 Å². The molecule has 1 fully saturated rings. The molecular weight excluding hydrogens is 293 g/mol. The van der Waals surface area contributed by atoms with Crippen molar-refractivity contribution in [2.24, 2.45) is 11.8 Å². The Balaban J connectivity index is 1.87. The van der Waals surface area contributed by atoms with Crippen LogP contribution in [0.3, 0.4) is 0 Å². The highest BCUT2D eigenvalue weighted by Gasteiger charge is 2.31. The smallest absolute Gasteiger partial charge is 0.416 e. The van der Waals surface area contributed by atoms with Crippen molar-refractivity contribution in [3.05, 3.63) is 29.8 Å². The third-order valence-corrected chi connectivity index (χ3v) is 4.28. The van der Waals surface area contributed by atoms with Gasteiger partial charge in [0.2, 0.25) is 0 Å². The minimum atomic E-state index is -4.37. The lowest BCUT2D eigenvalue weighted by Crippen LogP contribution is -2.25. The number of alkyl halides is 3. The normalized spacial score (nSPS) is 22.4. The second-order valence-electron chi connectivity index (χ2n) is 5.95. The van der Waals surface area contributed by atoms with Crippen molar-refractivity contribution in [1.29, 1.82) is 0 Å². The van der Waals surface area contributed by atoms with E-state index in [4.69, 9.17) is 4.74 Å². The van der Waals surface area contributed by atoms with Crippen molar-refractivity contribution in [1.82, 2.24) is 0 Å². The number of carbonyl (C=O) groups excluding carboxylic acids is 1. The highest BCUT2D eigenvalue weighted by Crippen LogP contribution is 2.33. The van der Waals surface area contributed by atoms with Gasteiger partial charge in [0.25, 0.3) is 0 Å². The number of hydrogen-bond donors (Lipinski definition) is 0. The molecule has 1 saturated carbocycles. The van der Waals surface area contributed by atoms with Gasteiger partial charge in [0.15, 0.2) is 0 Å². The number of hydrogen-bond acceptors (Lipinski definition) is 2. The van der Waals surface area contributed by atoms with Gasteiger partial charge in [-0.3, -0.25) is 4.79 Å². The molecule has 0 atom stereocenters. The summed E-state index contributed by atoms with van der Waals surface area (Å²) < 4.78 is 42.6. The molecule has 0 N–H and O–H groups in total. The minimum Gasteiger partial charge on any atom is -0.426 e. The number of ether oxygens (including phenoxy) is 1. The monoisotopic (exact) mass is 314 g/mol. The number of esters is 1. The fraction of sp³-hybridized carbons (Fsp3) is 0.588. The zero-order valence-corrected chi connectivity index (χ0v) is 12.7. The largest absolute Gasteiger partial charge is 0.426 e. The summed E-state index contributed by atoms with van der Waals surface area (Å²) in [5.41, 5.74) is -0.743. The first kappa shape index (κ1) is 16.8. The van der Waals surface area contributed by atoms with Crippen LogP contribution in [0.4, 0.5) is 13.2 Å². The van der Waals surface area contributed by atoms with Crippen LogP contribution >= 0.6 is 0 Å². The Labute approximate surface area is 128 Å². The Kier molecular flexibility index (Phi) is 5.48. The highest BCUT2D eigenvalue weighted by atomic mass is 19.4. The van der Waals surface area contributed by atoms with Gasteiger partial charge in [-0.25, -0.2) is 0 Å². The van der Waals surface area contributed by atoms with E-state index in [1.807, 2.05) is 0 Å². The topological polar surface area (TPSA) is 26.3 Å². The molecule has 0 aromatic heterocycles. The average molecular weight is 314 g/mol. The van der Waals surface area contributed by atoms with Crippen molar-refractivity contribution < 1.29 is 22.7 Å². The van der Waals surface area contributed by atoms with Crippen LogP contribution in [0.25, 0.3) is 0 Å². The number of halogens is 3. The Morgan fingerprint density at radius 3 is 2.23 bits per heavy atom. The molecule has 1 aliphatic carbocycles. The van der Waals surface area contributed by atoms with Crippen LogP contribution in [0.2, 0.25) is 0 Å². The molecule has 2 nitrogen and oxygen atoms in total. The maximum absolute atomic E-state index is 12.5. The fourth-order valence-electron chi connectivity index (χ4n) is 3.01. The molecule has 0 saturated heterocycles. The molecule has 0 spiro atoms. The first-order valence-electron chi connectivity index (χ1n) is 7.79. The van der Waals surface area contributed by atoms with Crippen LogP contribution < -0.4 is 4.74 Å². The molecule has 0 unspecified atom stereocenters. The van der Waals surface area contributed by atoms with E-state index in [2.05, 4.69) is 6.92 Å². The summed E-state index contributed by atoms with van der Waals surface area (Å²) in [6, 6.07) is 4.26. The van der Waals surface area contributed by atoms with Gasteiger partial charge in [0.1, 0.15) is 5.75 Å². The standard InChI is InChI=1S/C17H21F3O2/c1-2-3-12-4-6-13(7-5-12)16(21)22-15-10-8-14(9-11-15)17(18,19)20/h8-13H,2-7H2,1H3. The molecule has 2 rings (SSSR count). The zero-order valence-electron chi connectivity index (χ0n) is 12.7. The SMILES string of the molecule is CCCC1CCC(C(=O)Oc2ccc(C(F)(F)F)cc2)CC1. The van der Waals surface area contributed by atoms with Gasteiger partial charge >= 0.3 is 12.1 Å². The van der Waals surface area contributed by atoms with Crippen LogP contribution in [0.5, 0.6) is 5.75 Å². The van der Waals surface area contributed by atoms with Crippen molar-refractivity contribution >= 4 is 5.97 Å². The van der Waals surface area contributed by atoms with Crippen molar-refractivity contribution in [2.75, 3.05) is 0 Å². The van der Waals surface area contributed by atoms with E-state index in [0.29, 0.717) is 5.92 Å². The van der Waals surface area contributed by atoms with Crippen LogP contribution in [-0.4, -0.2) is 5.97 Å². The second kappa shape index (κ2) is 7.16. The van der Waals surface area contributed by atoms with E-state index >= 15 is 0 Å². The second-order valence-corrected chi connectivity index (χ2v) is 5.95. The number of carbonyl (C=O) groups is 1. The summed E-state index contributed by atoms with van der Waals surface area (Å²) in [6.45, 7) is 2.16. The summed E-state index contributed by atoms with van der Waals surface area (Å²) >= 11 is 0. The molecule has 1 aliphatic rings. The van der Waals surface area contributed by atoms with E-state index in [9.17, 15) is 18.0 Å². The molecule has 0 amide bonds. The maximum Gasteiger partial charge on any atom is 0.416 e. The zero-order chi connectivity index (χ0) is 16.2. The van der Waals surface area contributed by atoms with Gasteiger partial charge in [-0.15, -0.1) is 0 Å². The maximum atomic E-state index is 12.5. The Hall–Kier alpha value is -1.52. The van der Waals surface area contributed by atoms with Crippen molar-refractivity contribution in [3.63, 3.8) is 0 Å². The number of benzene rings is 1. The van der Waals surface area contributed by atoms with Crippen LogP contribution in [-0.2, 0) is 11.0 Å². The van der Waals surface area contributed by atoms with Gasteiger partial charge in [-0.2, -0.15) is 13.2 Å². The molecule has 0 bridgehead atoms. The van der Waals surface area contributed by atoms with E-state index in [1.165, 1.54) is 18.6 Å². The Bertz CT molecular complexity index is 486. The molecule has 122 valence electrons. The molecule has 1 aromatic rings. The van der Waals surface area contributed by atoms with Gasteiger partial charge < -0.3 is 4.74 Å². The lowest BCUT2D eigenvalue weighted by atomic mass is 9.80. The molecule has 0 aliphatic heterocycles. The minimum absolute atomic E-state index is 0.129. The van der Waals surface area contributed by atoms with Crippen LogP contribution in [0, 0.1) is 11.8 Å². The van der Waals surface area contributed by atoms with E-state index < -0.39 is 11.7 Å².